The number of ketones is 1. The molecule has 0 radical (unpaired) electrons. The molecule has 1 aromatic carbocycles. The Labute approximate surface area is 146 Å². The summed E-state index contributed by atoms with van der Waals surface area (Å²) in [7, 11) is 2.10. The number of benzene rings is 1. The van der Waals surface area contributed by atoms with Crippen molar-refractivity contribution >= 4 is 45.7 Å². The van der Waals surface area contributed by atoms with E-state index in [-0.39, 0.29) is 11.7 Å². The highest BCUT2D eigenvalue weighted by Crippen LogP contribution is 2.16. The standard InChI is InChI=1S/C16H21N3O2S2/c1-12(20)17-14-5-3-13(4-6-14)15(21)11-23-16(22)19-9-7-18(2)8-10-19/h3-6H,7-11H2,1-2H3,(H,17,20). The van der Waals surface area contributed by atoms with Crippen LogP contribution in [0.2, 0.25) is 0 Å². The number of carbonyl (C=O) groups excluding carboxylic acids is 2. The fraction of sp³-hybridized carbons (Fsp3) is 0.438. The molecule has 1 saturated heterocycles. The maximum atomic E-state index is 12.2. The van der Waals surface area contributed by atoms with E-state index in [4.69, 9.17) is 12.2 Å². The van der Waals surface area contributed by atoms with Crippen LogP contribution in [-0.4, -0.2) is 64.8 Å². The number of nitrogens with one attached hydrogen (secondary N) is 1. The molecule has 0 aromatic heterocycles. The number of likely N-dealkylation sites (N-methyl/N-ethyl adjacent to an activating group) is 1. The van der Waals surface area contributed by atoms with E-state index in [0.717, 1.165) is 30.5 Å². The third kappa shape index (κ3) is 5.60. The lowest BCUT2D eigenvalue weighted by Gasteiger charge is -2.33. The third-order valence-electron chi connectivity index (χ3n) is 3.62. The van der Waals surface area contributed by atoms with Crippen molar-refractivity contribution in [3.8, 4) is 0 Å². The number of thioether (sulfide) groups is 1. The van der Waals surface area contributed by atoms with Crippen molar-refractivity contribution in [2.45, 2.75) is 6.92 Å². The van der Waals surface area contributed by atoms with Crippen LogP contribution in [0.5, 0.6) is 0 Å². The van der Waals surface area contributed by atoms with Gasteiger partial charge in [0.15, 0.2) is 5.78 Å². The lowest BCUT2D eigenvalue weighted by Crippen LogP contribution is -2.45. The molecule has 1 aliphatic heterocycles. The fourth-order valence-corrected chi connectivity index (χ4v) is 3.38. The van der Waals surface area contributed by atoms with Crippen molar-refractivity contribution < 1.29 is 9.59 Å². The van der Waals surface area contributed by atoms with Gasteiger partial charge in [-0.15, -0.1) is 0 Å². The minimum atomic E-state index is -0.128. The Bertz CT molecular complexity index is 581. The summed E-state index contributed by atoms with van der Waals surface area (Å²) < 4.78 is 0.793. The summed E-state index contributed by atoms with van der Waals surface area (Å²) in [6, 6.07) is 6.93. The van der Waals surface area contributed by atoms with E-state index in [0.29, 0.717) is 17.0 Å². The van der Waals surface area contributed by atoms with Gasteiger partial charge in [-0.2, -0.15) is 0 Å². The van der Waals surface area contributed by atoms with Gasteiger partial charge in [0, 0.05) is 44.4 Å². The summed E-state index contributed by atoms with van der Waals surface area (Å²) >= 11 is 6.84. The highest BCUT2D eigenvalue weighted by molar-refractivity contribution is 8.23. The van der Waals surface area contributed by atoms with Crippen LogP contribution in [0.3, 0.4) is 0 Å². The number of Topliss-reactive ketones (excluding diaryl/α,β-unsaturated/α-hetero) is 1. The molecule has 0 saturated carbocycles. The normalized spacial score (nSPS) is 15.3. The van der Waals surface area contributed by atoms with Crippen LogP contribution in [-0.2, 0) is 4.79 Å². The predicted molar refractivity (Wildman–Crippen MR) is 99.2 cm³/mol. The van der Waals surface area contributed by atoms with E-state index in [1.165, 1.54) is 18.7 Å². The second-order valence-electron chi connectivity index (χ2n) is 5.53. The second-order valence-corrected chi connectivity index (χ2v) is 7.14. The molecule has 0 aliphatic carbocycles. The van der Waals surface area contributed by atoms with Crippen molar-refractivity contribution in [2.75, 3.05) is 44.3 Å². The highest BCUT2D eigenvalue weighted by Gasteiger charge is 2.17. The minimum Gasteiger partial charge on any atom is -0.355 e. The van der Waals surface area contributed by atoms with Crippen molar-refractivity contribution in [2.24, 2.45) is 0 Å². The molecule has 1 amide bonds. The number of hydrogen-bond donors (Lipinski definition) is 1. The Morgan fingerprint density at radius 2 is 1.78 bits per heavy atom. The van der Waals surface area contributed by atoms with Gasteiger partial charge >= 0.3 is 0 Å². The van der Waals surface area contributed by atoms with Crippen molar-refractivity contribution in [3.05, 3.63) is 29.8 Å². The van der Waals surface area contributed by atoms with Crippen LogP contribution in [0, 0.1) is 0 Å². The van der Waals surface area contributed by atoms with Gasteiger partial charge in [0.2, 0.25) is 5.91 Å². The monoisotopic (exact) mass is 351 g/mol. The molecule has 7 heteroatoms. The highest BCUT2D eigenvalue weighted by atomic mass is 32.2. The summed E-state index contributed by atoms with van der Waals surface area (Å²) in [6.45, 7) is 5.29. The third-order valence-corrected chi connectivity index (χ3v) is 5.14. The molecule has 0 spiro atoms. The lowest BCUT2D eigenvalue weighted by molar-refractivity contribution is -0.114. The van der Waals surface area contributed by atoms with Gasteiger partial charge in [-0.25, -0.2) is 0 Å². The van der Waals surface area contributed by atoms with Crippen molar-refractivity contribution in [3.63, 3.8) is 0 Å². The maximum absolute atomic E-state index is 12.2. The molecular formula is C16H21N3O2S2. The van der Waals surface area contributed by atoms with E-state index in [9.17, 15) is 9.59 Å². The van der Waals surface area contributed by atoms with Crippen LogP contribution < -0.4 is 5.32 Å². The van der Waals surface area contributed by atoms with Crippen LogP contribution in [0.25, 0.3) is 0 Å². The van der Waals surface area contributed by atoms with E-state index < -0.39 is 0 Å². The van der Waals surface area contributed by atoms with Crippen LogP contribution >= 0.6 is 24.0 Å². The van der Waals surface area contributed by atoms with E-state index in [1.807, 2.05) is 0 Å². The Balaban J connectivity index is 1.82. The first-order chi connectivity index (χ1) is 11.0. The number of amides is 1. The quantitative estimate of drug-likeness (QED) is 0.662. The largest absolute Gasteiger partial charge is 0.355 e. The Morgan fingerprint density at radius 3 is 2.35 bits per heavy atom. The molecule has 1 aliphatic rings. The Hall–Kier alpha value is -1.44. The average Bonchev–Trinajstić information content (AvgIpc) is 2.53. The second kappa shape index (κ2) is 8.42. The minimum absolute atomic E-state index is 0.0425. The number of rotatable bonds is 4. The fourth-order valence-electron chi connectivity index (χ4n) is 2.23. The average molecular weight is 351 g/mol. The van der Waals surface area contributed by atoms with Gasteiger partial charge in [-0.05, 0) is 31.3 Å². The number of carbonyl (C=O) groups is 2. The number of nitrogens with zero attached hydrogens (tertiary/aromatic N) is 2. The van der Waals surface area contributed by atoms with Gasteiger partial charge in [0.05, 0.1) is 5.75 Å². The zero-order chi connectivity index (χ0) is 16.8. The predicted octanol–water partition coefficient (Wildman–Crippen LogP) is 2.09. The van der Waals surface area contributed by atoms with Crippen molar-refractivity contribution in [1.82, 2.24) is 9.80 Å². The number of anilines is 1. The van der Waals surface area contributed by atoms with Gasteiger partial charge in [0.1, 0.15) is 4.32 Å². The van der Waals surface area contributed by atoms with Crippen LogP contribution in [0.4, 0.5) is 5.69 Å². The number of piperazine rings is 1. The molecule has 0 unspecified atom stereocenters. The summed E-state index contributed by atoms with van der Waals surface area (Å²) in [4.78, 5) is 27.6. The summed E-state index contributed by atoms with van der Waals surface area (Å²) in [5, 5.41) is 2.68. The molecule has 1 aromatic rings. The molecule has 23 heavy (non-hydrogen) atoms. The first-order valence-corrected chi connectivity index (χ1v) is 8.86. The number of thiocarbonyl (C=S) groups is 1. The molecule has 0 bridgehead atoms. The van der Waals surface area contributed by atoms with Gasteiger partial charge < -0.3 is 15.1 Å². The maximum Gasteiger partial charge on any atom is 0.221 e. The lowest BCUT2D eigenvalue weighted by atomic mass is 10.1. The SMILES string of the molecule is CC(=O)Nc1ccc(C(=O)CSC(=S)N2CCN(C)CC2)cc1. The van der Waals surface area contributed by atoms with Gasteiger partial charge in [-0.1, -0.05) is 24.0 Å². The summed E-state index contributed by atoms with van der Waals surface area (Å²) in [5.74, 6) is 0.253. The molecule has 1 heterocycles. The molecule has 2 rings (SSSR count). The smallest absolute Gasteiger partial charge is 0.221 e. The molecule has 5 nitrogen and oxygen atoms in total. The summed E-state index contributed by atoms with van der Waals surface area (Å²) in [6.07, 6.45) is 0. The summed E-state index contributed by atoms with van der Waals surface area (Å²) in [5.41, 5.74) is 1.32. The van der Waals surface area contributed by atoms with Crippen LogP contribution in [0.15, 0.2) is 24.3 Å². The first kappa shape index (κ1) is 17.9. The van der Waals surface area contributed by atoms with Gasteiger partial charge in [-0.3, -0.25) is 9.59 Å². The Kier molecular flexibility index (Phi) is 6.56. The zero-order valence-corrected chi connectivity index (χ0v) is 15.0. The van der Waals surface area contributed by atoms with Crippen LogP contribution in [0.1, 0.15) is 17.3 Å². The molecule has 1 fully saturated rings. The van der Waals surface area contributed by atoms with E-state index >= 15 is 0 Å². The molecule has 1 N–H and O–H groups in total. The molecule has 124 valence electrons. The zero-order valence-electron chi connectivity index (χ0n) is 13.4. The molecule has 0 atom stereocenters. The Morgan fingerprint density at radius 1 is 1.17 bits per heavy atom. The van der Waals surface area contributed by atoms with Crippen molar-refractivity contribution in [1.29, 1.82) is 0 Å². The topological polar surface area (TPSA) is 52.7 Å². The van der Waals surface area contributed by atoms with E-state index in [1.54, 1.807) is 24.3 Å². The van der Waals surface area contributed by atoms with E-state index in [2.05, 4.69) is 22.2 Å². The van der Waals surface area contributed by atoms with Gasteiger partial charge in [0.25, 0.3) is 0 Å². The number of hydrogen-bond acceptors (Lipinski definition) is 5. The first-order valence-electron chi connectivity index (χ1n) is 7.47. The molecular weight excluding hydrogens is 330 g/mol.